The fraction of sp³-hybridized carbons (Fsp3) is 0. The molecule has 0 aliphatic carbocycles. The van der Waals surface area contributed by atoms with Crippen LogP contribution in [0.2, 0.25) is 0 Å². The van der Waals surface area contributed by atoms with Gasteiger partial charge in [-0.05, 0) is 18.2 Å². The van der Waals surface area contributed by atoms with E-state index in [0.29, 0.717) is 17.0 Å². The Bertz CT molecular complexity index is 743. The Balaban J connectivity index is 2.02. The minimum Gasteiger partial charge on any atom is -0.618 e. The van der Waals surface area contributed by atoms with Crippen molar-refractivity contribution < 1.29 is 13.9 Å². The number of pyridine rings is 1. The number of aromatic nitrogens is 1. The van der Waals surface area contributed by atoms with E-state index in [1.807, 2.05) is 12.1 Å². The van der Waals surface area contributed by atoms with Crippen molar-refractivity contribution in [2.75, 3.05) is 0 Å². The Labute approximate surface area is 109 Å². The Morgan fingerprint density at radius 1 is 0.947 bits per heavy atom. The summed E-state index contributed by atoms with van der Waals surface area (Å²) in [6.07, 6.45) is 1.33. The Hall–Kier alpha value is -2.62. The zero-order valence-corrected chi connectivity index (χ0v) is 9.92. The summed E-state index contributed by atoms with van der Waals surface area (Å²) in [5.74, 6) is 0.350. The monoisotopic (exact) mass is 255 g/mol. The van der Waals surface area contributed by atoms with Gasteiger partial charge in [-0.15, -0.1) is 0 Å². The van der Waals surface area contributed by atoms with Crippen molar-refractivity contribution in [3.05, 3.63) is 71.8 Å². The first kappa shape index (κ1) is 11.5. The number of rotatable bonds is 2. The van der Waals surface area contributed by atoms with Gasteiger partial charge in [-0.2, -0.15) is 4.73 Å². The van der Waals surface area contributed by atoms with Crippen LogP contribution in [-0.2, 0) is 0 Å². The van der Waals surface area contributed by atoms with Crippen molar-refractivity contribution in [2.24, 2.45) is 0 Å². The number of ether oxygens (including phenoxy) is 1. The molecule has 0 N–H and O–H groups in total. The lowest BCUT2D eigenvalue weighted by atomic mass is 10.2. The average Bonchev–Trinajstić information content (AvgIpc) is 2.39. The molecule has 0 radical (unpaired) electrons. The Kier molecular flexibility index (Phi) is 2.76. The highest BCUT2D eigenvalue weighted by atomic mass is 19.1. The van der Waals surface area contributed by atoms with Crippen molar-refractivity contribution in [3.63, 3.8) is 0 Å². The molecule has 0 bridgehead atoms. The topological polar surface area (TPSA) is 36.2 Å². The first-order chi connectivity index (χ1) is 9.22. The van der Waals surface area contributed by atoms with Gasteiger partial charge in [-0.25, -0.2) is 4.39 Å². The van der Waals surface area contributed by atoms with Crippen LogP contribution in [0.15, 0.2) is 60.8 Å². The number of hydrogen-bond donors (Lipinski definition) is 0. The van der Waals surface area contributed by atoms with E-state index in [-0.39, 0.29) is 5.82 Å². The van der Waals surface area contributed by atoms with Crippen LogP contribution in [-0.4, -0.2) is 0 Å². The van der Waals surface area contributed by atoms with E-state index < -0.39 is 0 Å². The third kappa shape index (κ3) is 2.33. The zero-order valence-electron chi connectivity index (χ0n) is 9.92. The van der Waals surface area contributed by atoms with Gasteiger partial charge in [0.1, 0.15) is 11.6 Å². The minimum atomic E-state index is -0.381. The Morgan fingerprint density at radius 2 is 1.79 bits per heavy atom. The molecule has 1 heterocycles. The predicted octanol–water partition coefficient (Wildman–Crippen LogP) is 3.40. The van der Waals surface area contributed by atoms with Gasteiger partial charge in [0.25, 0.3) is 0 Å². The smallest absolute Gasteiger partial charge is 0.223 e. The molecule has 2 aromatic carbocycles. The molecule has 3 rings (SSSR count). The second-order valence-electron chi connectivity index (χ2n) is 4.12. The van der Waals surface area contributed by atoms with E-state index in [4.69, 9.17) is 4.74 Å². The van der Waals surface area contributed by atoms with Gasteiger partial charge in [0.05, 0.1) is 5.39 Å². The van der Waals surface area contributed by atoms with Gasteiger partial charge < -0.3 is 9.94 Å². The number of para-hydroxylation sites is 1. The predicted molar refractivity (Wildman–Crippen MR) is 69.4 cm³/mol. The van der Waals surface area contributed by atoms with Gasteiger partial charge in [0.15, 0.2) is 5.75 Å². The van der Waals surface area contributed by atoms with Crippen LogP contribution in [0.25, 0.3) is 10.9 Å². The van der Waals surface area contributed by atoms with Crippen LogP contribution >= 0.6 is 0 Å². The van der Waals surface area contributed by atoms with Crippen LogP contribution < -0.4 is 9.47 Å². The summed E-state index contributed by atoms with van der Waals surface area (Å²) in [7, 11) is 0. The van der Waals surface area contributed by atoms with Crippen LogP contribution in [0.3, 0.4) is 0 Å². The van der Waals surface area contributed by atoms with E-state index >= 15 is 0 Å². The molecule has 0 fully saturated rings. The third-order valence-electron chi connectivity index (χ3n) is 2.75. The molecule has 0 aliphatic rings. The molecule has 0 saturated carbocycles. The quantitative estimate of drug-likeness (QED) is 0.519. The van der Waals surface area contributed by atoms with Crippen LogP contribution in [0, 0.1) is 11.0 Å². The lowest BCUT2D eigenvalue weighted by Crippen LogP contribution is -2.26. The van der Waals surface area contributed by atoms with Gasteiger partial charge in [0, 0.05) is 18.2 Å². The summed E-state index contributed by atoms with van der Waals surface area (Å²) in [4.78, 5) is 0. The number of fused-ring (bicyclic) bond motifs is 1. The van der Waals surface area contributed by atoms with Crippen molar-refractivity contribution in [1.29, 1.82) is 0 Å². The average molecular weight is 255 g/mol. The molecule has 1 aromatic heterocycles. The van der Waals surface area contributed by atoms with E-state index in [1.165, 1.54) is 18.3 Å². The molecule has 0 saturated heterocycles. The maximum Gasteiger partial charge on any atom is 0.223 e. The normalized spacial score (nSPS) is 10.6. The number of halogens is 1. The van der Waals surface area contributed by atoms with Gasteiger partial charge in [0.2, 0.25) is 11.7 Å². The standard InChI is InChI=1S/C15H10FNO2/c16-12-5-3-6-13(9-12)19-14-8-11-4-1-2-7-15(11)17(18)10-14/h1-10H. The maximum absolute atomic E-state index is 13.1. The molecule has 0 atom stereocenters. The first-order valence-corrected chi connectivity index (χ1v) is 5.78. The fourth-order valence-electron chi connectivity index (χ4n) is 1.91. The molecule has 0 amide bonds. The van der Waals surface area contributed by atoms with Crippen molar-refractivity contribution in [3.8, 4) is 11.5 Å². The second-order valence-corrected chi connectivity index (χ2v) is 4.12. The molecular formula is C15H10FNO2. The number of nitrogens with zero attached hydrogens (tertiary/aromatic N) is 1. The largest absolute Gasteiger partial charge is 0.618 e. The molecule has 0 aliphatic heterocycles. The SMILES string of the molecule is [O-][n+]1cc(Oc2cccc(F)c2)cc2ccccc21. The van der Waals surface area contributed by atoms with E-state index in [9.17, 15) is 9.60 Å². The van der Waals surface area contributed by atoms with Gasteiger partial charge in [-0.3, -0.25) is 0 Å². The van der Waals surface area contributed by atoms with Crippen LogP contribution in [0.5, 0.6) is 11.5 Å². The highest BCUT2D eigenvalue weighted by Crippen LogP contribution is 2.23. The third-order valence-corrected chi connectivity index (χ3v) is 2.75. The van der Waals surface area contributed by atoms with Crippen molar-refractivity contribution in [2.45, 2.75) is 0 Å². The summed E-state index contributed by atoms with van der Waals surface area (Å²) >= 11 is 0. The van der Waals surface area contributed by atoms with E-state index in [2.05, 4.69) is 0 Å². The fourth-order valence-corrected chi connectivity index (χ4v) is 1.91. The number of hydrogen-bond acceptors (Lipinski definition) is 2. The highest BCUT2D eigenvalue weighted by Gasteiger charge is 2.08. The molecule has 94 valence electrons. The number of benzene rings is 2. The van der Waals surface area contributed by atoms with Crippen molar-refractivity contribution >= 4 is 10.9 Å². The van der Waals surface area contributed by atoms with Crippen LogP contribution in [0.1, 0.15) is 0 Å². The molecule has 0 unspecified atom stereocenters. The summed E-state index contributed by atoms with van der Waals surface area (Å²) in [5.41, 5.74) is 0.564. The minimum absolute atomic E-state index is 0.357. The summed E-state index contributed by atoms with van der Waals surface area (Å²) in [5, 5.41) is 12.6. The molecule has 4 heteroatoms. The zero-order chi connectivity index (χ0) is 13.2. The molecule has 3 aromatic rings. The molecular weight excluding hydrogens is 245 g/mol. The van der Waals surface area contributed by atoms with Gasteiger partial charge >= 0.3 is 0 Å². The van der Waals surface area contributed by atoms with Crippen LogP contribution in [0.4, 0.5) is 4.39 Å². The lowest BCUT2D eigenvalue weighted by molar-refractivity contribution is -0.577. The van der Waals surface area contributed by atoms with E-state index in [1.54, 1.807) is 30.3 Å². The Morgan fingerprint density at radius 3 is 2.63 bits per heavy atom. The second kappa shape index (κ2) is 4.57. The maximum atomic E-state index is 13.1. The highest BCUT2D eigenvalue weighted by molar-refractivity contribution is 5.76. The van der Waals surface area contributed by atoms with Gasteiger partial charge in [-0.1, -0.05) is 18.2 Å². The molecule has 19 heavy (non-hydrogen) atoms. The molecule has 3 nitrogen and oxygen atoms in total. The molecule has 0 spiro atoms. The van der Waals surface area contributed by atoms with E-state index in [0.717, 1.165) is 10.1 Å². The summed E-state index contributed by atoms with van der Waals surface area (Å²) < 4.78 is 19.3. The lowest BCUT2D eigenvalue weighted by Gasteiger charge is -2.07. The van der Waals surface area contributed by atoms with Crippen molar-refractivity contribution in [1.82, 2.24) is 0 Å². The summed E-state index contributed by atoms with van der Waals surface area (Å²) in [6, 6.07) is 14.7. The summed E-state index contributed by atoms with van der Waals surface area (Å²) in [6.45, 7) is 0. The first-order valence-electron chi connectivity index (χ1n) is 5.78.